The monoisotopic (exact) mass is 258 g/mol. The first-order chi connectivity index (χ1) is 9.24. The second kappa shape index (κ2) is 6.35. The molecule has 1 aliphatic rings. The molecule has 0 bridgehead atoms. The lowest BCUT2D eigenvalue weighted by atomic mass is 9.96. The van der Waals surface area contributed by atoms with E-state index in [4.69, 9.17) is 10.00 Å². The minimum absolute atomic E-state index is 0.0347. The Morgan fingerprint density at radius 3 is 2.74 bits per heavy atom. The van der Waals surface area contributed by atoms with Gasteiger partial charge in [0, 0.05) is 6.54 Å². The molecule has 1 aliphatic heterocycles. The molecule has 2 rings (SSSR count). The Labute approximate surface area is 113 Å². The summed E-state index contributed by atoms with van der Waals surface area (Å²) in [5.41, 5.74) is 1.79. The largest absolute Gasteiger partial charge is 0.469 e. The molecule has 0 unspecified atom stereocenters. The van der Waals surface area contributed by atoms with Crippen molar-refractivity contribution >= 4 is 5.97 Å². The quantitative estimate of drug-likeness (QED) is 0.777. The third kappa shape index (κ3) is 3.33. The van der Waals surface area contributed by atoms with Crippen molar-refractivity contribution in [3.8, 4) is 6.07 Å². The first-order valence-corrected chi connectivity index (χ1v) is 6.52. The Morgan fingerprint density at radius 2 is 2.11 bits per heavy atom. The van der Waals surface area contributed by atoms with Crippen LogP contribution < -0.4 is 0 Å². The number of piperidine rings is 1. The molecule has 0 aromatic heterocycles. The Kier molecular flexibility index (Phi) is 4.53. The zero-order chi connectivity index (χ0) is 13.7. The van der Waals surface area contributed by atoms with Gasteiger partial charge in [0.1, 0.15) is 0 Å². The van der Waals surface area contributed by atoms with Gasteiger partial charge >= 0.3 is 5.97 Å². The van der Waals surface area contributed by atoms with Crippen molar-refractivity contribution in [2.45, 2.75) is 19.4 Å². The molecule has 19 heavy (non-hydrogen) atoms. The maximum Gasteiger partial charge on any atom is 0.308 e. The fraction of sp³-hybridized carbons (Fsp3) is 0.467. The SMILES string of the molecule is COC(=O)C1CCN(Cc2ccccc2C#N)CC1. The van der Waals surface area contributed by atoms with Gasteiger partial charge in [-0.2, -0.15) is 5.26 Å². The van der Waals surface area contributed by atoms with E-state index in [0.29, 0.717) is 0 Å². The summed E-state index contributed by atoms with van der Waals surface area (Å²) in [4.78, 5) is 13.7. The van der Waals surface area contributed by atoms with Crippen LogP contribution in [0.4, 0.5) is 0 Å². The lowest BCUT2D eigenvalue weighted by Gasteiger charge is -2.30. The van der Waals surface area contributed by atoms with Crippen LogP contribution in [0.15, 0.2) is 24.3 Å². The molecule has 0 aliphatic carbocycles. The molecule has 4 heteroatoms. The van der Waals surface area contributed by atoms with Gasteiger partial charge in [-0.3, -0.25) is 9.69 Å². The van der Waals surface area contributed by atoms with Crippen molar-refractivity contribution in [2.24, 2.45) is 5.92 Å². The van der Waals surface area contributed by atoms with Gasteiger partial charge in [0.15, 0.2) is 0 Å². The minimum Gasteiger partial charge on any atom is -0.469 e. The van der Waals surface area contributed by atoms with E-state index in [-0.39, 0.29) is 11.9 Å². The van der Waals surface area contributed by atoms with E-state index in [0.717, 1.165) is 43.6 Å². The predicted molar refractivity (Wildman–Crippen MR) is 71.2 cm³/mol. The zero-order valence-electron chi connectivity index (χ0n) is 11.1. The third-order valence-corrected chi connectivity index (χ3v) is 3.65. The number of ether oxygens (including phenoxy) is 1. The van der Waals surface area contributed by atoms with Gasteiger partial charge < -0.3 is 4.74 Å². The number of carbonyl (C=O) groups excluding carboxylic acids is 1. The number of rotatable bonds is 3. The number of nitrogens with zero attached hydrogens (tertiary/aromatic N) is 2. The van der Waals surface area contributed by atoms with Crippen LogP contribution in [0.5, 0.6) is 0 Å². The number of likely N-dealkylation sites (tertiary alicyclic amines) is 1. The maximum absolute atomic E-state index is 11.4. The smallest absolute Gasteiger partial charge is 0.308 e. The lowest BCUT2D eigenvalue weighted by Crippen LogP contribution is -2.36. The van der Waals surface area contributed by atoms with Crippen LogP contribution in [-0.2, 0) is 16.1 Å². The van der Waals surface area contributed by atoms with E-state index in [1.54, 1.807) is 0 Å². The van der Waals surface area contributed by atoms with Crippen LogP contribution in [0.3, 0.4) is 0 Å². The van der Waals surface area contributed by atoms with E-state index >= 15 is 0 Å². The van der Waals surface area contributed by atoms with Crippen LogP contribution >= 0.6 is 0 Å². The fourth-order valence-corrected chi connectivity index (χ4v) is 2.50. The Hall–Kier alpha value is -1.86. The van der Waals surface area contributed by atoms with Crippen LogP contribution in [0.25, 0.3) is 0 Å². The van der Waals surface area contributed by atoms with Gasteiger partial charge in [0.25, 0.3) is 0 Å². The summed E-state index contributed by atoms with van der Waals surface area (Å²) in [5, 5.41) is 9.06. The Balaban J connectivity index is 1.93. The van der Waals surface area contributed by atoms with Crippen molar-refractivity contribution in [3.63, 3.8) is 0 Å². The summed E-state index contributed by atoms with van der Waals surface area (Å²) < 4.78 is 4.78. The molecule has 100 valence electrons. The molecule has 0 radical (unpaired) electrons. The number of hydrogen-bond acceptors (Lipinski definition) is 4. The molecular weight excluding hydrogens is 240 g/mol. The molecule has 0 atom stereocenters. The maximum atomic E-state index is 11.4. The zero-order valence-corrected chi connectivity index (χ0v) is 11.1. The second-order valence-corrected chi connectivity index (χ2v) is 4.84. The summed E-state index contributed by atoms with van der Waals surface area (Å²) in [6.45, 7) is 2.52. The highest BCUT2D eigenvalue weighted by Crippen LogP contribution is 2.21. The van der Waals surface area contributed by atoms with Crippen molar-refractivity contribution in [2.75, 3.05) is 20.2 Å². The standard InChI is InChI=1S/C15H18N2O2/c1-19-15(18)12-6-8-17(9-7-12)11-14-5-3-2-4-13(14)10-16/h2-5,12H,6-9,11H2,1H3. The Bertz CT molecular complexity index is 485. The fourth-order valence-electron chi connectivity index (χ4n) is 2.50. The first-order valence-electron chi connectivity index (χ1n) is 6.52. The van der Waals surface area contributed by atoms with E-state index < -0.39 is 0 Å². The summed E-state index contributed by atoms with van der Waals surface area (Å²) in [7, 11) is 1.44. The average Bonchev–Trinajstić information content (AvgIpc) is 2.48. The summed E-state index contributed by atoms with van der Waals surface area (Å²) in [6, 6.07) is 9.89. The molecule has 1 aromatic carbocycles. The minimum atomic E-state index is -0.0999. The Morgan fingerprint density at radius 1 is 1.42 bits per heavy atom. The van der Waals surface area contributed by atoms with E-state index in [1.807, 2.05) is 24.3 Å². The van der Waals surface area contributed by atoms with Crippen molar-refractivity contribution in [3.05, 3.63) is 35.4 Å². The summed E-state index contributed by atoms with van der Waals surface area (Å²) in [6.07, 6.45) is 1.67. The first kappa shape index (κ1) is 13.6. The van der Waals surface area contributed by atoms with E-state index in [1.165, 1.54) is 7.11 Å². The van der Waals surface area contributed by atoms with Gasteiger partial charge in [-0.05, 0) is 37.6 Å². The van der Waals surface area contributed by atoms with Crippen molar-refractivity contribution in [1.82, 2.24) is 4.90 Å². The van der Waals surface area contributed by atoms with Crippen molar-refractivity contribution < 1.29 is 9.53 Å². The average molecular weight is 258 g/mol. The topological polar surface area (TPSA) is 53.3 Å². The number of nitriles is 1. The van der Waals surface area contributed by atoms with Crippen LogP contribution in [0.2, 0.25) is 0 Å². The molecule has 4 nitrogen and oxygen atoms in total. The van der Waals surface area contributed by atoms with E-state index in [9.17, 15) is 4.79 Å². The van der Waals surface area contributed by atoms with Crippen LogP contribution in [0, 0.1) is 17.2 Å². The van der Waals surface area contributed by atoms with Crippen LogP contribution in [0.1, 0.15) is 24.0 Å². The normalized spacial score (nSPS) is 16.8. The van der Waals surface area contributed by atoms with Gasteiger partial charge in [-0.25, -0.2) is 0 Å². The highest BCUT2D eigenvalue weighted by atomic mass is 16.5. The number of methoxy groups -OCH3 is 1. The molecule has 0 saturated carbocycles. The molecule has 1 aromatic rings. The van der Waals surface area contributed by atoms with Gasteiger partial charge in [0.05, 0.1) is 24.7 Å². The third-order valence-electron chi connectivity index (χ3n) is 3.65. The summed E-state index contributed by atoms with van der Waals surface area (Å²) in [5.74, 6) is -0.0652. The molecule has 0 amide bonds. The van der Waals surface area contributed by atoms with E-state index in [2.05, 4.69) is 11.0 Å². The molecule has 1 fully saturated rings. The molecule has 0 N–H and O–H groups in total. The second-order valence-electron chi connectivity index (χ2n) is 4.84. The number of benzene rings is 1. The number of carbonyl (C=O) groups is 1. The van der Waals surface area contributed by atoms with Crippen LogP contribution in [-0.4, -0.2) is 31.1 Å². The molecular formula is C15H18N2O2. The molecule has 1 heterocycles. The molecule has 1 saturated heterocycles. The number of esters is 1. The van der Waals surface area contributed by atoms with Crippen molar-refractivity contribution in [1.29, 1.82) is 5.26 Å². The van der Waals surface area contributed by atoms with Gasteiger partial charge in [-0.1, -0.05) is 18.2 Å². The van der Waals surface area contributed by atoms with Gasteiger partial charge in [0.2, 0.25) is 0 Å². The highest BCUT2D eigenvalue weighted by molar-refractivity contribution is 5.72. The summed E-state index contributed by atoms with van der Waals surface area (Å²) >= 11 is 0. The predicted octanol–water partition coefficient (Wildman–Crippen LogP) is 1.94. The number of hydrogen-bond donors (Lipinski definition) is 0. The lowest BCUT2D eigenvalue weighted by molar-refractivity contribution is -0.147. The molecule has 0 spiro atoms. The van der Waals surface area contributed by atoms with Gasteiger partial charge in [-0.15, -0.1) is 0 Å². The highest BCUT2D eigenvalue weighted by Gasteiger charge is 2.25.